The van der Waals surface area contributed by atoms with Crippen molar-refractivity contribution < 1.29 is 0 Å². The van der Waals surface area contributed by atoms with Crippen molar-refractivity contribution in [3.63, 3.8) is 0 Å². The Balaban J connectivity index is 2.09. The molecule has 0 saturated carbocycles. The monoisotopic (exact) mass is 457 g/mol. The van der Waals surface area contributed by atoms with Gasteiger partial charge in [-0.1, -0.05) is 27.5 Å². The normalized spacial score (nSPS) is 10.6. The number of anilines is 1. The highest BCUT2D eigenvalue weighted by molar-refractivity contribution is 9.11. The molecular weight excluding hydrogens is 453 g/mol. The average molecular weight is 460 g/mol. The third-order valence-electron chi connectivity index (χ3n) is 2.08. The SMILES string of the molecule is Clc1sc(CNc2cc(Br)ccc2Br)cc1Br. The zero-order valence-electron chi connectivity index (χ0n) is 8.44. The van der Waals surface area contributed by atoms with Crippen molar-refractivity contribution in [2.45, 2.75) is 6.54 Å². The van der Waals surface area contributed by atoms with E-state index in [4.69, 9.17) is 11.6 Å². The smallest absolute Gasteiger partial charge is 0.107 e. The third kappa shape index (κ3) is 3.70. The Hall–Kier alpha value is 0.450. The quantitative estimate of drug-likeness (QED) is 0.567. The van der Waals surface area contributed by atoms with Gasteiger partial charge in [-0.3, -0.25) is 0 Å². The van der Waals surface area contributed by atoms with Crippen molar-refractivity contribution in [3.05, 3.63) is 46.9 Å². The Labute approximate surface area is 134 Å². The lowest BCUT2D eigenvalue weighted by atomic mass is 10.3. The van der Waals surface area contributed by atoms with E-state index < -0.39 is 0 Å². The van der Waals surface area contributed by atoms with Gasteiger partial charge in [-0.15, -0.1) is 11.3 Å². The van der Waals surface area contributed by atoms with Gasteiger partial charge in [-0.2, -0.15) is 0 Å². The second-order valence-electron chi connectivity index (χ2n) is 3.31. The van der Waals surface area contributed by atoms with Gasteiger partial charge in [0, 0.05) is 30.5 Å². The molecular formula is C11H7Br3ClNS. The van der Waals surface area contributed by atoms with Crippen LogP contribution in [0.15, 0.2) is 37.7 Å². The molecule has 0 radical (unpaired) electrons. The fraction of sp³-hybridized carbons (Fsp3) is 0.0909. The number of nitrogens with one attached hydrogen (secondary N) is 1. The summed E-state index contributed by atoms with van der Waals surface area (Å²) in [6.45, 7) is 0.755. The van der Waals surface area contributed by atoms with E-state index in [1.807, 2.05) is 24.3 Å². The molecule has 0 spiro atoms. The average Bonchev–Trinajstić information content (AvgIpc) is 2.60. The van der Waals surface area contributed by atoms with Gasteiger partial charge in [0.25, 0.3) is 0 Å². The minimum Gasteiger partial charge on any atom is -0.379 e. The van der Waals surface area contributed by atoms with E-state index in [0.29, 0.717) is 0 Å². The van der Waals surface area contributed by atoms with Gasteiger partial charge in [-0.25, -0.2) is 0 Å². The van der Waals surface area contributed by atoms with Crippen LogP contribution in [-0.2, 0) is 6.54 Å². The molecule has 1 aromatic carbocycles. The molecule has 1 nitrogen and oxygen atoms in total. The predicted octanol–water partition coefficient (Wildman–Crippen LogP) is 6.30. The third-order valence-corrected chi connectivity index (χ3v) is 5.74. The molecule has 0 amide bonds. The highest BCUT2D eigenvalue weighted by Crippen LogP contribution is 2.33. The minimum absolute atomic E-state index is 0.755. The maximum Gasteiger partial charge on any atom is 0.107 e. The van der Waals surface area contributed by atoms with Crippen LogP contribution in [0.3, 0.4) is 0 Å². The fourth-order valence-corrected chi connectivity index (χ4v) is 3.77. The molecule has 2 aromatic rings. The maximum atomic E-state index is 5.99. The number of thiophene rings is 1. The van der Waals surface area contributed by atoms with Gasteiger partial charge in [0.05, 0.1) is 0 Å². The second kappa shape index (κ2) is 6.06. The topological polar surface area (TPSA) is 12.0 Å². The molecule has 0 fully saturated rings. The lowest BCUT2D eigenvalue weighted by molar-refractivity contribution is 1.19. The van der Waals surface area contributed by atoms with E-state index in [2.05, 4.69) is 53.1 Å². The Kier molecular flexibility index (Phi) is 4.95. The number of hydrogen-bond acceptors (Lipinski definition) is 2. The van der Waals surface area contributed by atoms with E-state index >= 15 is 0 Å². The van der Waals surface area contributed by atoms with Crippen LogP contribution in [0.4, 0.5) is 5.69 Å². The molecule has 17 heavy (non-hydrogen) atoms. The molecule has 1 heterocycles. The summed E-state index contributed by atoms with van der Waals surface area (Å²) >= 11 is 17.9. The molecule has 0 aliphatic heterocycles. The van der Waals surface area contributed by atoms with E-state index in [1.165, 1.54) is 4.88 Å². The van der Waals surface area contributed by atoms with Crippen molar-refractivity contribution >= 4 is 76.4 Å². The first-order valence-corrected chi connectivity index (χ1v) is 8.26. The van der Waals surface area contributed by atoms with E-state index in [9.17, 15) is 0 Å². The highest BCUT2D eigenvalue weighted by Gasteiger charge is 2.05. The van der Waals surface area contributed by atoms with E-state index in [1.54, 1.807) is 11.3 Å². The minimum atomic E-state index is 0.755. The Morgan fingerprint density at radius 3 is 2.53 bits per heavy atom. The molecule has 2 rings (SSSR count). The lowest BCUT2D eigenvalue weighted by Gasteiger charge is -2.07. The zero-order valence-corrected chi connectivity index (χ0v) is 14.8. The van der Waals surface area contributed by atoms with Crippen molar-refractivity contribution in [2.24, 2.45) is 0 Å². The summed E-state index contributed by atoms with van der Waals surface area (Å²) in [7, 11) is 0. The molecule has 6 heteroatoms. The van der Waals surface area contributed by atoms with Gasteiger partial charge in [0.1, 0.15) is 4.34 Å². The van der Waals surface area contributed by atoms with Crippen LogP contribution in [-0.4, -0.2) is 0 Å². The zero-order chi connectivity index (χ0) is 12.4. The Bertz CT molecular complexity index is 522. The van der Waals surface area contributed by atoms with Crippen LogP contribution in [0.25, 0.3) is 0 Å². The van der Waals surface area contributed by atoms with E-state index in [0.717, 1.165) is 30.0 Å². The van der Waals surface area contributed by atoms with Crippen LogP contribution < -0.4 is 5.32 Å². The molecule has 0 atom stereocenters. The van der Waals surface area contributed by atoms with E-state index in [-0.39, 0.29) is 0 Å². The molecule has 0 saturated heterocycles. The Morgan fingerprint density at radius 2 is 1.88 bits per heavy atom. The number of hydrogen-bond donors (Lipinski definition) is 1. The molecule has 1 N–H and O–H groups in total. The van der Waals surface area contributed by atoms with Crippen molar-refractivity contribution in [3.8, 4) is 0 Å². The molecule has 90 valence electrons. The summed E-state index contributed by atoms with van der Waals surface area (Å²) in [6.07, 6.45) is 0. The summed E-state index contributed by atoms with van der Waals surface area (Å²) in [5.41, 5.74) is 1.06. The summed E-state index contributed by atoms with van der Waals surface area (Å²) < 4.78 is 3.83. The summed E-state index contributed by atoms with van der Waals surface area (Å²) in [5, 5.41) is 3.36. The first-order valence-electron chi connectivity index (χ1n) is 4.69. The summed E-state index contributed by atoms with van der Waals surface area (Å²) in [5.74, 6) is 0. The van der Waals surface area contributed by atoms with Crippen LogP contribution in [0.2, 0.25) is 4.34 Å². The molecule has 0 bridgehead atoms. The molecule has 0 unspecified atom stereocenters. The predicted molar refractivity (Wildman–Crippen MR) is 86.2 cm³/mol. The standard InChI is InChI=1S/C11H7Br3ClNS/c12-6-1-2-8(13)10(3-6)16-5-7-4-9(14)11(15)17-7/h1-4,16H,5H2. The van der Waals surface area contributed by atoms with Gasteiger partial charge in [0.2, 0.25) is 0 Å². The number of rotatable bonds is 3. The number of benzene rings is 1. The lowest BCUT2D eigenvalue weighted by Crippen LogP contribution is -1.97. The molecule has 1 aromatic heterocycles. The van der Waals surface area contributed by atoms with Crippen LogP contribution in [0.5, 0.6) is 0 Å². The summed E-state index contributed by atoms with van der Waals surface area (Å²) in [6, 6.07) is 8.07. The van der Waals surface area contributed by atoms with Gasteiger partial charge < -0.3 is 5.32 Å². The van der Waals surface area contributed by atoms with Gasteiger partial charge >= 0.3 is 0 Å². The van der Waals surface area contributed by atoms with Crippen molar-refractivity contribution in [2.75, 3.05) is 5.32 Å². The van der Waals surface area contributed by atoms with Gasteiger partial charge in [0.15, 0.2) is 0 Å². The fourth-order valence-electron chi connectivity index (χ4n) is 1.29. The molecule has 0 aliphatic rings. The van der Waals surface area contributed by atoms with Crippen LogP contribution in [0.1, 0.15) is 4.88 Å². The first kappa shape index (κ1) is 13.9. The second-order valence-corrected chi connectivity index (χ2v) is 7.68. The molecule has 0 aliphatic carbocycles. The van der Waals surface area contributed by atoms with Gasteiger partial charge in [-0.05, 0) is 56.1 Å². The van der Waals surface area contributed by atoms with Crippen LogP contribution >= 0.6 is 70.7 Å². The highest BCUT2D eigenvalue weighted by atomic mass is 79.9. The largest absolute Gasteiger partial charge is 0.379 e. The Morgan fingerprint density at radius 1 is 1.12 bits per heavy atom. The van der Waals surface area contributed by atoms with Crippen LogP contribution in [0, 0.1) is 0 Å². The number of halogens is 4. The van der Waals surface area contributed by atoms with Crippen molar-refractivity contribution in [1.82, 2.24) is 0 Å². The van der Waals surface area contributed by atoms with Crippen molar-refractivity contribution in [1.29, 1.82) is 0 Å². The first-order chi connectivity index (χ1) is 8.06. The maximum absolute atomic E-state index is 5.99. The summed E-state index contributed by atoms with van der Waals surface area (Å²) in [4.78, 5) is 1.19.